The van der Waals surface area contributed by atoms with Gasteiger partial charge in [-0.05, 0) is 5.56 Å². The second kappa shape index (κ2) is 6.88. The summed E-state index contributed by atoms with van der Waals surface area (Å²) in [7, 11) is -2.12. The third kappa shape index (κ3) is 3.74. The second-order valence-electron chi connectivity index (χ2n) is 5.33. The Balaban J connectivity index is 1.73. The minimum absolute atomic E-state index is 0.0186. The Morgan fingerprint density at radius 2 is 2.12 bits per heavy atom. The molecule has 2 heterocycles. The largest absolute Gasteiger partial charge is 0.453 e. The van der Waals surface area contributed by atoms with E-state index in [-0.39, 0.29) is 12.3 Å². The molecule has 2 aromatic rings. The molecule has 0 saturated heterocycles. The van der Waals surface area contributed by atoms with Crippen LogP contribution in [0.15, 0.2) is 30.3 Å². The average Bonchev–Trinajstić information content (AvgIpc) is 2.96. The number of carbonyl (C=O) groups excluding carboxylic acids is 1. The number of nitrogens with one attached hydrogen (secondary N) is 1. The number of thiazole rings is 1. The van der Waals surface area contributed by atoms with Crippen molar-refractivity contribution in [2.45, 2.75) is 18.7 Å². The number of nitrogens with zero attached hydrogens (tertiary/aromatic N) is 2. The second-order valence-corrected chi connectivity index (χ2v) is 8.38. The normalized spacial score (nSPS) is 14.9. The van der Waals surface area contributed by atoms with Gasteiger partial charge >= 0.3 is 6.09 Å². The molecule has 1 aliphatic heterocycles. The molecule has 1 aromatic carbocycles. The summed E-state index contributed by atoms with van der Waals surface area (Å²) in [5, 5.41) is 2.95. The predicted molar refractivity (Wildman–Crippen MR) is 91.3 cm³/mol. The van der Waals surface area contributed by atoms with Crippen molar-refractivity contribution < 1.29 is 17.9 Å². The molecule has 0 bridgehead atoms. The fourth-order valence-electron chi connectivity index (χ4n) is 2.48. The van der Waals surface area contributed by atoms with Crippen molar-refractivity contribution in [3.63, 3.8) is 0 Å². The number of fused-ring (bicyclic) bond motifs is 1. The first-order valence-electron chi connectivity index (χ1n) is 7.33. The number of rotatable bonds is 4. The molecule has 0 atom stereocenters. The van der Waals surface area contributed by atoms with Crippen molar-refractivity contribution in [2.24, 2.45) is 0 Å². The fraction of sp³-hybridized carbons (Fsp3) is 0.333. The van der Waals surface area contributed by atoms with Gasteiger partial charge in [0.25, 0.3) is 0 Å². The number of sulfonamides is 1. The minimum Gasteiger partial charge on any atom is -0.453 e. The van der Waals surface area contributed by atoms with Crippen LogP contribution in [0.1, 0.15) is 16.1 Å². The molecular weight excluding hydrogens is 350 g/mol. The van der Waals surface area contributed by atoms with Crippen molar-refractivity contribution in [3.05, 3.63) is 46.5 Å². The molecule has 128 valence electrons. The number of hydrogen-bond acceptors (Lipinski definition) is 6. The lowest BCUT2D eigenvalue weighted by Crippen LogP contribution is -2.36. The highest BCUT2D eigenvalue weighted by atomic mass is 32.2. The van der Waals surface area contributed by atoms with Crippen molar-refractivity contribution in [1.82, 2.24) is 9.29 Å². The van der Waals surface area contributed by atoms with Crippen molar-refractivity contribution in [1.29, 1.82) is 0 Å². The van der Waals surface area contributed by atoms with Gasteiger partial charge in [-0.15, -0.1) is 0 Å². The van der Waals surface area contributed by atoms with Crippen LogP contribution in [0.25, 0.3) is 0 Å². The van der Waals surface area contributed by atoms with Crippen LogP contribution in [0.4, 0.5) is 9.93 Å². The lowest BCUT2D eigenvalue weighted by Gasteiger charge is -2.25. The highest BCUT2D eigenvalue weighted by molar-refractivity contribution is 7.88. The van der Waals surface area contributed by atoms with Crippen molar-refractivity contribution >= 4 is 32.6 Å². The van der Waals surface area contributed by atoms with Gasteiger partial charge in [-0.3, -0.25) is 5.32 Å². The maximum absolute atomic E-state index is 12.6. The molecule has 24 heavy (non-hydrogen) atoms. The zero-order valence-corrected chi connectivity index (χ0v) is 14.7. The first kappa shape index (κ1) is 16.9. The monoisotopic (exact) mass is 367 g/mol. The zero-order chi connectivity index (χ0) is 17.2. The molecule has 7 nitrogen and oxygen atoms in total. The molecule has 0 unspecified atom stereocenters. The van der Waals surface area contributed by atoms with Gasteiger partial charge in [0, 0.05) is 24.4 Å². The topological polar surface area (TPSA) is 88.6 Å². The first-order chi connectivity index (χ1) is 11.5. The number of carbonyl (C=O) groups is 1. The zero-order valence-electron chi connectivity index (χ0n) is 13.1. The molecule has 1 amide bonds. The van der Waals surface area contributed by atoms with E-state index in [4.69, 9.17) is 0 Å². The van der Waals surface area contributed by atoms with Crippen LogP contribution in [0.5, 0.6) is 0 Å². The number of amides is 1. The number of aromatic nitrogens is 1. The molecule has 1 aliphatic rings. The predicted octanol–water partition coefficient (Wildman–Crippen LogP) is 2.21. The molecule has 1 aromatic heterocycles. The highest BCUT2D eigenvalue weighted by Crippen LogP contribution is 2.30. The summed E-state index contributed by atoms with van der Waals surface area (Å²) in [6.07, 6.45) is -0.0578. The minimum atomic E-state index is -3.40. The molecular formula is C15H17N3O4S2. The SMILES string of the molecule is COC(=O)Nc1nc2c(s1)CN(S(=O)(=O)Cc1ccccc1)CC2. The van der Waals surface area contributed by atoms with Crippen LogP contribution in [-0.2, 0) is 33.5 Å². The van der Waals surface area contributed by atoms with Crippen LogP contribution in [-0.4, -0.2) is 37.5 Å². The van der Waals surface area contributed by atoms with E-state index in [2.05, 4.69) is 15.0 Å². The summed E-state index contributed by atoms with van der Waals surface area (Å²) in [6.45, 7) is 0.675. The molecule has 3 rings (SSSR count). The maximum atomic E-state index is 12.6. The number of anilines is 1. The summed E-state index contributed by atoms with van der Waals surface area (Å²) in [4.78, 5) is 16.4. The van der Waals surface area contributed by atoms with Gasteiger partial charge < -0.3 is 4.74 Å². The molecule has 9 heteroatoms. The van der Waals surface area contributed by atoms with E-state index in [1.165, 1.54) is 22.8 Å². The van der Waals surface area contributed by atoms with Gasteiger partial charge in [0.05, 0.1) is 18.6 Å². The molecule has 0 saturated carbocycles. The van der Waals surface area contributed by atoms with Crippen molar-refractivity contribution in [2.75, 3.05) is 19.0 Å². The standard InChI is InChI=1S/C15H17N3O4S2/c1-22-15(19)17-14-16-12-7-8-18(9-13(12)23-14)24(20,21)10-11-5-3-2-4-6-11/h2-6H,7-10H2,1H3,(H,16,17,19). The van der Waals surface area contributed by atoms with Gasteiger partial charge in [-0.25, -0.2) is 18.2 Å². The average molecular weight is 367 g/mol. The van der Waals surface area contributed by atoms with Crippen LogP contribution in [0.2, 0.25) is 0 Å². The maximum Gasteiger partial charge on any atom is 0.413 e. The smallest absolute Gasteiger partial charge is 0.413 e. The Hall–Kier alpha value is -1.97. The first-order valence-corrected chi connectivity index (χ1v) is 9.76. The van der Waals surface area contributed by atoms with Crippen molar-refractivity contribution in [3.8, 4) is 0 Å². The van der Waals surface area contributed by atoms with E-state index in [0.717, 1.165) is 16.1 Å². The molecule has 0 fully saturated rings. The lowest BCUT2D eigenvalue weighted by molar-refractivity contribution is 0.187. The highest BCUT2D eigenvalue weighted by Gasteiger charge is 2.29. The van der Waals surface area contributed by atoms with Gasteiger partial charge in [-0.1, -0.05) is 41.7 Å². The number of benzene rings is 1. The van der Waals surface area contributed by atoms with Crippen LogP contribution in [0.3, 0.4) is 0 Å². The molecule has 0 spiro atoms. The summed E-state index contributed by atoms with van der Waals surface area (Å²) in [6, 6.07) is 9.12. The molecule has 1 N–H and O–H groups in total. The summed E-state index contributed by atoms with van der Waals surface area (Å²) < 4.78 is 31.2. The number of ether oxygens (including phenoxy) is 1. The molecule has 0 aliphatic carbocycles. The van der Waals surface area contributed by atoms with E-state index in [0.29, 0.717) is 18.1 Å². The van der Waals surface area contributed by atoms with Gasteiger partial charge in [0.15, 0.2) is 5.13 Å². The van der Waals surface area contributed by atoms with E-state index in [1.807, 2.05) is 18.2 Å². The summed E-state index contributed by atoms with van der Waals surface area (Å²) >= 11 is 1.28. The number of hydrogen-bond donors (Lipinski definition) is 1. The van der Waals surface area contributed by atoms with Gasteiger partial charge in [-0.2, -0.15) is 4.31 Å². The lowest BCUT2D eigenvalue weighted by atomic mass is 10.2. The van der Waals surface area contributed by atoms with E-state index in [9.17, 15) is 13.2 Å². The third-order valence-electron chi connectivity index (χ3n) is 3.68. The van der Waals surface area contributed by atoms with E-state index >= 15 is 0 Å². The van der Waals surface area contributed by atoms with Crippen LogP contribution < -0.4 is 5.32 Å². The summed E-state index contributed by atoms with van der Waals surface area (Å²) in [5.41, 5.74) is 1.60. The van der Waals surface area contributed by atoms with E-state index in [1.54, 1.807) is 12.1 Å². The Morgan fingerprint density at radius 1 is 1.38 bits per heavy atom. The number of methoxy groups -OCH3 is 1. The fourth-order valence-corrected chi connectivity index (χ4v) is 5.06. The van der Waals surface area contributed by atoms with Gasteiger partial charge in [0.1, 0.15) is 0 Å². The summed E-state index contributed by atoms with van der Waals surface area (Å²) in [5.74, 6) is -0.0186. The third-order valence-corrected chi connectivity index (χ3v) is 6.47. The van der Waals surface area contributed by atoms with Crippen LogP contribution in [0, 0.1) is 0 Å². The Kier molecular flexibility index (Phi) is 4.83. The van der Waals surface area contributed by atoms with Gasteiger partial charge in [0.2, 0.25) is 10.0 Å². The quantitative estimate of drug-likeness (QED) is 0.895. The Morgan fingerprint density at radius 3 is 2.83 bits per heavy atom. The van der Waals surface area contributed by atoms with E-state index < -0.39 is 16.1 Å². The van der Waals surface area contributed by atoms with Crippen LogP contribution >= 0.6 is 11.3 Å². The Bertz CT molecular complexity index is 834. The molecule has 0 radical (unpaired) electrons. The Labute approximate surface area is 144 Å².